The van der Waals surface area contributed by atoms with Crippen molar-refractivity contribution >= 4 is 5.97 Å². The van der Waals surface area contributed by atoms with Crippen molar-refractivity contribution in [2.75, 3.05) is 7.11 Å². The lowest BCUT2D eigenvalue weighted by atomic mass is 10.0. The number of rotatable bonds is 2. The van der Waals surface area contributed by atoms with Crippen LogP contribution in [-0.4, -0.2) is 23.0 Å². The maximum atomic E-state index is 11.6. The zero-order valence-corrected chi connectivity index (χ0v) is 9.66. The summed E-state index contributed by atoms with van der Waals surface area (Å²) >= 11 is 0. The van der Waals surface area contributed by atoms with Gasteiger partial charge in [-0.15, -0.1) is 0 Å². The van der Waals surface area contributed by atoms with Gasteiger partial charge in [-0.2, -0.15) is 4.73 Å². The van der Waals surface area contributed by atoms with Crippen molar-refractivity contribution in [3.63, 3.8) is 0 Å². The van der Waals surface area contributed by atoms with Crippen LogP contribution in [0.2, 0.25) is 0 Å². The minimum absolute atomic E-state index is 0.374. The molecular formula is C13H11NO4. The van der Waals surface area contributed by atoms with Gasteiger partial charge in [-0.1, -0.05) is 18.2 Å². The summed E-state index contributed by atoms with van der Waals surface area (Å²) in [6.07, 6.45) is 1.25. The first-order chi connectivity index (χ1) is 8.63. The quantitative estimate of drug-likeness (QED) is 0.643. The molecule has 0 saturated carbocycles. The van der Waals surface area contributed by atoms with E-state index in [4.69, 9.17) is 0 Å². The Morgan fingerprint density at radius 2 is 1.94 bits per heavy atom. The molecule has 18 heavy (non-hydrogen) atoms. The average Bonchev–Trinajstić information content (AvgIpc) is 2.41. The van der Waals surface area contributed by atoms with E-state index in [2.05, 4.69) is 4.74 Å². The fourth-order valence-electron chi connectivity index (χ4n) is 1.66. The Morgan fingerprint density at radius 3 is 2.61 bits per heavy atom. The first-order valence-electron chi connectivity index (χ1n) is 5.23. The molecular weight excluding hydrogens is 234 g/mol. The molecule has 0 radical (unpaired) electrons. The van der Waals surface area contributed by atoms with Crippen molar-refractivity contribution in [2.45, 2.75) is 0 Å². The van der Waals surface area contributed by atoms with Gasteiger partial charge in [0, 0.05) is 11.6 Å². The van der Waals surface area contributed by atoms with Crippen LogP contribution in [0.4, 0.5) is 0 Å². The highest BCUT2D eigenvalue weighted by atomic mass is 16.5. The molecule has 92 valence electrons. The first-order valence-corrected chi connectivity index (χ1v) is 5.23. The highest BCUT2D eigenvalue weighted by Crippen LogP contribution is 2.22. The minimum Gasteiger partial charge on any atom is -0.465 e. The summed E-state index contributed by atoms with van der Waals surface area (Å²) in [6, 6.07) is 9.57. The molecule has 2 rings (SSSR count). The zero-order chi connectivity index (χ0) is 13.1. The molecule has 5 nitrogen and oxygen atoms in total. The smallest absolute Gasteiger partial charge is 0.338 e. The second kappa shape index (κ2) is 4.75. The Kier molecular flexibility index (Phi) is 3.14. The van der Waals surface area contributed by atoms with Gasteiger partial charge in [-0.05, 0) is 17.7 Å². The molecule has 2 aromatic rings. The van der Waals surface area contributed by atoms with Gasteiger partial charge >= 0.3 is 5.97 Å². The van der Waals surface area contributed by atoms with E-state index >= 15 is 0 Å². The number of ether oxygens (including phenoxy) is 1. The van der Waals surface area contributed by atoms with E-state index in [0.717, 1.165) is 0 Å². The van der Waals surface area contributed by atoms with E-state index in [1.807, 2.05) is 0 Å². The van der Waals surface area contributed by atoms with Crippen LogP contribution in [0.25, 0.3) is 11.1 Å². The standard InChI is InChI=1S/C13H11NO4/c1-18-13(16)11-5-3-2-4-10(11)9-6-7-12(15)14(17)8-9/h2-8,17H,1H3. The number of hydrogen-bond acceptors (Lipinski definition) is 4. The van der Waals surface area contributed by atoms with Gasteiger partial charge in [0.15, 0.2) is 0 Å². The zero-order valence-electron chi connectivity index (χ0n) is 9.66. The Hall–Kier alpha value is -2.56. The predicted molar refractivity (Wildman–Crippen MR) is 64.7 cm³/mol. The number of aromatic nitrogens is 1. The second-order valence-electron chi connectivity index (χ2n) is 3.64. The third-order valence-corrected chi connectivity index (χ3v) is 2.54. The molecule has 0 saturated heterocycles. The predicted octanol–water partition coefficient (Wildman–Crippen LogP) is 1.54. The van der Waals surface area contributed by atoms with Crippen molar-refractivity contribution in [1.82, 2.24) is 4.73 Å². The molecule has 1 aromatic carbocycles. The summed E-state index contributed by atoms with van der Waals surface area (Å²) in [4.78, 5) is 22.7. The lowest BCUT2D eigenvalue weighted by Gasteiger charge is -2.08. The molecule has 1 N–H and O–H groups in total. The molecule has 0 spiro atoms. The maximum Gasteiger partial charge on any atom is 0.338 e. The van der Waals surface area contributed by atoms with Crippen molar-refractivity contribution in [3.8, 4) is 11.1 Å². The van der Waals surface area contributed by atoms with Crippen LogP contribution in [0.1, 0.15) is 10.4 Å². The number of methoxy groups -OCH3 is 1. The number of carbonyl (C=O) groups is 1. The Morgan fingerprint density at radius 1 is 1.22 bits per heavy atom. The fourth-order valence-corrected chi connectivity index (χ4v) is 1.66. The summed E-state index contributed by atoms with van der Waals surface area (Å²) in [5.41, 5.74) is 0.984. The van der Waals surface area contributed by atoms with Gasteiger partial charge in [0.05, 0.1) is 18.9 Å². The molecule has 0 atom stereocenters. The Balaban J connectivity index is 2.60. The van der Waals surface area contributed by atoms with Gasteiger partial charge in [0.1, 0.15) is 0 Å². The topological polar surface area (TPSA) is 68.5 Å². The molecule has 0 unspecified atom stereocenters. The van der Waals surface area contributed by atoms with E-state index < -0.39 is 11.5 Å². The number of esters is 1. The van der Waals surface area contributed by atoms with E-state index in [-0.39, 0.29) is 0 Å². The van der Waals surface area contributed by atoms with Crippen LogP contribution < -0.4 is 5.56 Å². The number of nitrogens with zero attached hydrogens (tertiary/aromatic N) is 1. The molecule has 0 bridgehead atoms. The van der Waals surface area contributed by atoms with Gasteiger partial charge in [0.25, 0.3) is 5.56 Å². The lowest BCUT2D eigenvalue weighted by molar-refractivity contribution is 0.0601. The molecule has 0 amide bonds. The monoisotopic (exact) mass is 245 g/mol. The van der Waals surface area contributed by atoms with E-state index in [1.165, 1.54) is 25.4 Å². The molecule has 1 aromatic heterocycles. The van der Waals surface area contributed by atoms with Gasteiger partial charge in [-0.3, -0.25) is 4.79 Å². The lowest BCUT2D eigenvalue weighted by Crippen LogP contribution is -2.15. The summed E-state index contributed by atoms with van der Waals surface area (Å²) in [5.74, 6) is -0.471. The van der Waals surface area contributed by atoms with E-state index in [9.17, 15) is 14.8 Å². The van der Waals surface area contributed by atoms with Crippen LogP contribution in [0.5, 0.6) is 0 Å². The molecule has 0 aliphatic rings. The minimum atomic E-state index is -0.533. The summed E-state index contributed by atoms with van der Waals surface area (Å²) in [5, 5.41) is 9.34. The summed E-state index contributed by atoms with van der Waals surface area (Å²) < 4.78 is 5.16. The fraction of sp³-hybridized carbons (Fsp3) is 0.0769. The van der Waals surface area contributed by atoms with Crippen molar-refractivity contribution in [2.24, 2.45) is 0 Å². The first kappa shape index (κ1) is 11.9. The average molecular weight is 245 g/mol. The van der Waals surface area contributed by atoms with Crippen molar-refractivity contribution < 1.29 is 14.7 Å². The maximum absolute atomic E-state index is 11.6. The SMILES string of the molecule is COC(=O)c1ccccc1-c1ccc(=O)n(O)c1. The van der Waals surface area contributed by atoms with Crippen molar-refractivity contribution in [1.29, 1.82) is 0 Å². The summed E-state index contributed by atoms with van der Waals surface area (Å²) in [7, 11) is 1.30. The normalized spacial score (nSPS) is 10.1. The van der Waals surface area contributed by atoms with Gasteiger partial charge < -0.3 is 9.94 Å². The number of carbonyl (C=O) groups excluding carboxylic acids is 1. The molecule has 0 fully saturated rings. The highest BCUT2D eigenvalue weighted by molar-refractivity contribution is 5.97. The number of benzene rings is 1. The van der Waals surface area contributed by atoms with Crippen LogP contribution in [-0.2, 0) is 4.74 Å². The Labute approximate surface area is 103 Å². The van der Waals surface area contributed by atoms with Crippen LogP contribution >= 0.6 is 0 Å². The number of pyridine rings is 1. The van der Waals surface area contributed by atoms with Gasteiger partial charge in [0.2, 0.25) is 0 Å². The summed E-state index contributed by atoms with van der Waals surface area (Å²) in [6.45, 7) is 0. The van der Waals surface area contributed by atoms with E-state index in [0.29, 0.717) is 21.4 Å². The molecule has 5 heteroatoms. The Bertz CT molecular complexity index is 645. The van der Waals surface area contributed by atoms with Crippen LogP contribution in [0.3, 0.4) is 0 Å². The third-order valence-electron chi connectivity index (χ3n) is 2.54. The molecule has 1 heterocycles. The highest BCUT2D eigenvalue weighted by Gasteiger charge is 2.12. The van der Waals surface area contributed by atoms with Crippen LogP contribution in [0.15, 0.2) is 47.4 Å². The van der Waals surface area contributed by atoms with Crippen LogP contribution in [0, 0.1) is 0 Å². The second-order valence-corrected chi connectivity index (χ2v) is 3.64. The van der Waals surface area contributed by atoms with E-state index in [1.54, 1.807) is 24.3 Å². The molecule has 0 aliphatic heterocycles. The third kappa shape index (κ3) is 2.10. The van der Waals surface area contributed by atoms with Crippen molar-refractivity contribution in [3.05, 3.63) is 58.5 Å². The van der Waals surface area contributed by atoms with Gasteiger partial charge in [-0.25, -0.2) is 4.79 Å². The largest absolute Gasteiger partial charge is 0.465 e. The molecule has 0 aliphatic carbocycles. The number of hydrogen-bond donors (Lipinski definition) is 1.